The molecule has 21 heavy (non-hydrogen) atoms. The van der Waals surface area contributed by atoms with Crippen LogP contribution in [-0.2, 0) is 14.7 Å². The van der Waals surface area contributed by atoms with Crippen LogP contribution in [0.3, 0.4) is 0 Å². The largest absolute Gasteiger partial charge is 0.462 e. The fraction of sp³-hybridized carbons (Fsp3) is 0.938. The van der Waals surface area contributed by atoms with Crippen molar-refractivity contribution < 1.29 is 14.7 Å². The van der Waals surface area contributed by atoms with Gasteiger partial charge in [0.1, 0.15) is 6.10 Å². The maximum Gasteiger partial charge on any atom is 0.307 e. The zero-order valence-corrected chi connectivity index (χ0v) is 13.9. The number of nitrogens with zero attached hydrogens (tertiary/aromatic N) is 2. The predicted molar refractivity (Wildman–Crippen MR) is 80.1 cm³/mol. The Bertz CT molecular complexity index is 358. The number of piperidine rings is 1. The van der Waals surface area contributed by atoms with E-state index in [-0.39, 0.29) is 12.1 Å². The lowest BCUT2D eigenvalue weighted by molar-refractivity contribution is -0.299. The van der Waals surface area contributed by atoms with Gasteiger partial charge in [-0.15, -0.1) is 10.3 Å². The topological polar surface area (TPSA) is 52.7 Å². The molecule has 0 N–H and O–H groups in total. The summed E-state index contributed by atoms with van der Waals surface area (Å²) in [5.74, 6) is -0.127. The molecule has 0 spiro atoms. The first-order valence-electron chi connectivity index (χ1n) is 8.10. The zero-order chi connectivity index (χ0) is 15.7. The van der Waals surface area contributed by atoms with Crippen molar-refractivity contribution in [1.82, 2.24) is 9.96 Å². The molecule has 2 fully saturated rings. The third kappa shape index (κ3) is 4.18. The zero-order valence-electron chi connectivity index (χ0n) is 13.9. The second-order valence-electron chi connectivity index (χ2n) is 7.74. The Hall–Kier alpha value is -0.650. The van der Waals surface area contributed by atoms with Gasteiger partial charge in [0.25, 0.3) is 0 Å². The summed E-state index contributed by atoms with van der Waals surface area (Å²) in [7, 11) is 0. The Balaban J connectivity index is 1.83. The Labute approximate surface area is 128 Å². The molecule has 2 aliphatic heterocycles. The fourth-order valence-electron chi connectivity index (χ4n) is 3.76. The third-order valence-electron chi connectivity index (χ3n) is 4.68. The number of carbonyl (C=O) groups excluding carboxylic acids is 1. The lowest BCUT2D eigenvalue weighted by Gasteiger charge is -2.49. The molecule has 0 saturated carbocycles. The van der Waals surface area contributed by atoms with Crippen LogP contribution in [0, 0.1) is 0 Å². The van der Waals surface area contributed by atoms with Crippen molar-refractivity contribution in [2.24, 2.45) is 0 Å². The number of hydrogen-bond acceptors (Lipinski definition) is 4. The van der Waals surface area contributed by atoms with Gasteiger partial charge in [-0.1, -0.05) is 0 Å². The summed E-state index contributed by atoms with van der Waals surface area (Å²) in [5, 5.41) is 13.4. The summed E-state index contributed by atoms with van der Waals surface area (Å²) >= 11 is 0. The van der Waals surface area contributed by atoms with Crippen molar-refractivity contribution in [2.75, 3.05) is 19.6 Å². The molecule has 0 aromatic heterocycles. The number of carbonyl (C=O) groups is 1. The molecule has 5 nitrogen and oxygen atoms in total. The van der Waals surface area contributed by atoms with Crippen LogP contribution in [-0.4, -0.2) is 52.7 Å². The highest BCUT2D eigenvalue weighted by atomic mass is 16.5. The van der Waals surface area contributed by atoms with E-state index >= 15 is 0 Å². The van der Waals surface area contributed by atoms with E-state index in [1.807, 2.05) is 27.7 Å². The van der Waals surface area contributed by atoms with Crippen LogP contribution in [0.2, 0.25) is 0 Å². The van der Waals surface area contributed by atoms with Gasteiger partial charge < -0.3 is 9.64 Å². The van der Waals surface area contributed by atoms with E-state index in [0.717, 1.165) is 24.7 Å². The molecule has 0 bridgehead atoms. The molecule has 0 aromatic rings. The smallest absolute Gasteiger partial charge is 0.307 e. The number of ether oxygens (including phenoxy) is 1. The van der Waals surface area contributed by atoms with E-state index < -0.39 is 11.1 Å². The van der Waals surface area contributed by atoms with Crippen LogP contribution in [0.15, 0.2) is 0 Å². The van der Waals surface area contributed by atoms with E-state index in [0.29, 0.717) is 19.3 Å². The first kappa shape index (κ1) is 16.7. The molecular formula is C16H29N2O3. The SMILES string of the molecule is CC1(C)CC(OC(=O)CCN2CCCC2)CC(C)(C)N1[O]. The van der Waals surface area contributed by atoms with Gasteiger partial charge in [0, 0.05) is 30.5 Å². The summed E-state index contributed by atoms with van der Waals surface area (Å²) in [4.78, 5) is 14.3. The van der Waals surface area contributed by atoms with Crippen LogP contribution in [0.4, 0.5) is 0 Å². The summed E-state index contributed by atoms with van der Waals surface area (Å²) in [6.45, 7) is 10.7. The number of rotatable bonds is 4. The molecule has 2 saturated heterocycles. The standard InChI is InChI=1S/C16H29N2O3/c1-15(2)11-13(12-16(3,4)18(15)20)21-14(19)7-10-17-8-5-6-9-17/h13H,5-12H2,1-4H3. The van der Waals surface area contributed by atoms with Gasteiger partial charge in [-0.25, -0.2) is 0 Å². The van der Waals surface area contributed by atoms with Crippen molar-refractivity contribution in [3.05, 3.63) is 0 Å². The summed E-state index contributed by atoms with van der Waals surface area (Å²) in [6.07, 6.45) is 3.99. The minimum atomic E-state index is -0.484. The second-order valence-corrected chi connectivity index (χ2v) is 7.74. The van der Waals surface area contributed by atoms with Gasteiger partial charge in [-0.2, -0.15) is 0 Å². The molecule has 5 heteroatoms. The quantitative estimate of drug-likeness (QED) is 0.748. The van der Waals surface area contributed by atoms with Crippen LogP contribution in [0.1, 0.15) is 59.8 Å². The van der Waals surface area contributed by atoms with E-state index in [2.05, 4.69) is 4.90 Å². The lowest BCUT2D eigenvalue weighted by atomic mass is 9.80. The van der Waals surface area contributed by atoms with Crippen molar-refractivity contribution in [2.45, 2.75) is 77.0 Å². The molecular weight excluding hydrogens is 268 g/mol. The van der Waals surface area contributed by atoms with Gasteiger partial charge in [0.15, 0.2) is 0 Å². The Kier molecular flexibility index (Phi) is 4.96. The Morgan fingerprint density at radius 2 is 1.62 bits per heavy atom. The monoisotopic (exact) mass is 297 g/mol. The third-order valence-corrected chi connectivity index (χ3v) is 4.68. The van der Waals surface area contributed by atoms with Gasteiger partial charge in [-0.05, 0) is 53.6 Å². The number of likely N-dealkylation sites (tertiary alicyclic amines) is 1. The molecule has 0 aliphatic carbocycles. The first-order chi connectivity index (χ1) is 9.71. The molecule has 121 valence electrons. The molecule has 0 atom stereocenters. The first-order valence-corrected chi connectivity index (χ1v) is 8.10. The lowest BCUT2D eigenvalue weighted by Crippen LogP contribution is -2.60. The minimum Gasteiger partial charge on any atom is -0.462 e. The van der Waals surface area contributed by atoms with E-state index in [4.69, 9.17) is 4.74 Å². The van der Waals surface area contributed by atoms with Gasteiger partial charge in [-0.3, -0.25) is 4.79 Å². The van der Waals surface area contributed by atoms with Crippen molar-refractivity contribution in [1.29, 1.82) is 0 Å². The minimum absolute atomic E-state index is 0.127. The molecule has 2 aliphatic rings. The molecule has 2 heterocycles. The van der Waals surface area contributed by atoms with Gasteiger partial charge in [0.05, 0.1) is 6.42 Å². The summed E-state index contributed by atoms with van der Waals surface area (Å²) < 4.78 is 5.64. The van der Waals surface area contributed by atoms with Crippen LogP contribution < -0.4 is 0 Å². The van der Waals surface area contributed by atoms with Crippen molar-refractivity contribution in [3.8, 4) is 0 Å². The Morgan fingerprint density at radius 1 is 1.10 bits per heavy atom. The van der Waals surface area contributed by atoms with E-state index in [1.54, 1.807) is 0 Å². The van der Waals surface area contributed by atoms with Crippen LogP contribution in [0.25, 0.3) is 0 Å². The number of hydrogen-bond donors (Lipinski definition) is 0. The Morgan fingerprint density at radius 3 is 2.14 bits per heavy atom. The maximum absolute atomic E-state index is 12.3. The molecule has 2 rings (SSSR count). The highest BCUT2D eigenvalue weighted by Gasteiger charge is 2.47. The number of hydroxylamine groups is 2. The molecule has 0 aromatic carbocycles. The molecule has 0 amide bonds. The normalized spacial score (nSPS) is 26.9. The van der Waals surface area contributed by atoms with Crippen molar-refractivity contribution in [3.63, 3.8) is 0 Å². The number of esters is 1. The van der Waals surface area contributed by atoms with Gasteiger partial charge in [0.2, 0.25) is 0 Å². The van der Waals surface area contributed by atoms with Crippen molar-refractivity contribution >= 4 is 5.97 Å². The highest BCUT2D eigenvalue weighted by Crippen LogP contribution is 2.38. The molecule has 1 radical (unpaired) electrons. The maximum atomic E-state index is 12.3. The summed E-state index contributed by atoms with van der Waals surface area (Å²) in [6, 6.07) is 0. The van der Waals surface area contributed by atoms with Gasteiger partial charge >= 0.3 is 5.97 Å². The van der Waals surface area contributed by atoms with E-state index in [9.17, 15) is 10.0 Å². The highest BCUT2D eigenvalue weighted by molar-refractivity contribution is 5.69. The molecule has 0 unspecified atom stereocenters. The average molecular weight is 297 g/mol. The van der Waals surface area contributed by atoms with Crippen LogP contribution in [0.5, 0.6) is 0 Å². The van der Waals surface area contributed by atoms with E-state index in [1.165, 1.54) is 12.8 Å². The predicted octanol–water partition coefficient (Wildman–Crippen LogP) is 2.38. The fourth-order valence-corrected chi connectivity index (χ4v) is 3.76. The second kappa shape index (κ2) is 6.23. The summed E-state index contributed by atoms with van der Waals surface area (Å²) in [5.41, 5.74) is -0.969. The van der Waals surface area contributed by atoms with Crippen LogP contribution >= 0.6 is 0 Å². The average Bonchev–Trinajstić information content (AvgIpc) is 2.86.